The van der Waals surface area contributed by atoms with Crippen LogP contribution in [-0.2, 0) is 11.3 Å². The van der Waals surface area contributed by atoms with E-state index in [2.05, 4.69) is 20.6 Å². The zero-order valence-corrected chi connectivity index (χ0v) is 19.6. The molecule has 2 aromatic carbocycles. The van der Waals surface area contributed by atoms with Crippen molar-refractivity contribution in [3.8, 4) is 28.4 Å². The number of nitrogens with zero attached hydrogens (tertiary/aromatic N) is 4. The summed E-state index contributed by atoms with van der Waals surface area (Å²) in [4.78, 5) is 13.1. The van der Waals surface area contributed by atoms with E-state index in [1.54, 1.807) is 51.0 Å². The molecule has 176 valence electrons. The monoisotopic (exact) mass is 463 g/mol. The number of nitrogens with one attached hydrogen (secondary N) is 1. The molecule has 0 saturated heterocycles. The minimum atomic E-state index is -0.451. The summed E-state index contributed by atoms with van der Waals surface area (Å²) in [6.45, 7) is 2.04. The van der Waals surface area contributed by atoms with E-state index in [1.807, 2.05) is 24.3 Å². The number of methoxy groups -OCH3 is 4. The van der Waals surface area contributed by atoms with Gasteiger partial charge in [0.15, 0.2) is 11.3 Å². The van der Waals surface area contributed by atoms with Crippen molar-refractivity contribution < 1.29 is 23.7 Å². The van der Waals surface area contributed by atoms with Crippen LogP contribution in [0.3, 0.4) is 0 Å². The molecule has 0 unspecified atom stereocenters. The van der Waals surface area contributed by atoms with E-state index in [9.17, 15) is 4.79 Å². The summed E-state index contributed by atoms with van der Waals surface area (Å²) in [7, 11) is 6.28. The highest BCUT2D eigenvalue weighted by molar-refractivity contribution is 6.04. The van der Waals surface area contributed by atoms with Gasteiger partial charge in [-0.05, 0) is 36.8 Å². The van der Waals surface area contributed by atoms with Crippen LogP contribution < -0.4 is 19.5 Å². The fourth-order valence-electron chi connectivity index (χ4n) is 3.64. The normalized spacial score (nSPS) is 10.9. The third-order valence-corrected chi connectivity index (χ3v) is 5.37. The summed E-state index contributed by atoms with van der Waals surface area (Å²) in [5.41, 5.74) is 3.97. The van der Waals surface area contributed by atoms with E-state index in [0.29, 0.717) is 34.2 Å². The van der Waals surface area contributed by atoms with E-state index < -0.39 is 5.91 Å². The third kappa shape index (κ3) is 4.23. The predicted molar refractivity (Wildman–Crippen MR) is 126 cm³/mol. The lowest BCUT2D eigenvalue weighted by Gasteiger charge is -2.12. The van der Waals surface area contributed by atoms with E-state index >= 15 is 0 Å². The van der Waals surface area contributed by atoms with Crippen LogP contribution in [0.25, 0.3) is 16.8 Å². The molecule has 0 radical (unpaired) electrons. The fraction of sp³-hybridized carbons (Fsp3) is 0.250. The Kier molecular flexibility index (Phi) is 6.60. The second-order valence-corrected chi connectivity index (χ2v) is 7.37. The molecule has 4 aromatic rings. The van der Waals surface area contributed by atoms with Crippen molar-refractivity contribution >= 4 is 17.2 Å². The summed E-state index contributed by atoms with van der Waals surface area (Å²) in [5, 5.41) is 16.1. The maximum Gasteiger partial charge on any atom is 0.278 e. The Bertz CT molecular complexity index is 1330. The maximum absolute atomic E-state index is 13.1. The third-order valence-electron chi connectivity index (χ3n) is 5.37. The number of carbonyl (C=O) groups is 1. The molecule has 0 aliphatic rings. The number of ether oxygens (including phenoxy) is 4. The van der Waals surface area contributed by atoms with Gasteiger partial charge in [0.2, 0.25) is 0 Å². The SMILES string of the molecule is COCc1nn2c(C)c(C(=O)Nc3cc(OC)ccc3OC)nnc2c1-c1ccc(OC)cc1. The smallest absolute Gasteiger partial charge is 0.278 e. The van der Waals surface area contributed by atoms with Crippen LogP contribution in [0.4, 0.5) is 5.69 Å². The van der Waals surface area contributed by atoms with Crippen molar-refractivity contribution in [3.63, 3.8) is 0 Å². The Morgan fingerprint density at radius 2 is 1.65 bits per heavy atom. The lowest BCUT2D eigenvalue weighted by molar-refractivity contribution is 0.101. The molecular formula is C24H25N5O5. The second kappa shape index (κ2) is 9.75. The standard InChI is InChI=1S/C24H25N5O5/c1-14-22(24(30)25-18-12-17(33-4)10-11-20(18)34-5)26-27-23-21(19(13-31-2)28-29(14)23)15-6-8-16(32-3)9-7-15/h6-12H,13H2,1-5H3,(H,25,30). The molecule has 0 atom stereocenters. The molecule has 1 N–H and O–H groups in total. The predicted octanol–water partition coefficient (Wildman–Crippen LogP) is 3.52. The summed E-state index contributed by atoms with van der Waals surface area (Å²) < 4.78 is 22.8. The van der Waals surface area contributed by atoms with E-state index in [4.69, 9.17) is 18.9 Å². The number of amides is 1. The molecule has 0 aliphatic heterocycles. The average Bonchev–Trinajstić information content (AvgIpc) is 3.23. The molecule has 0 fully saturated rings. The Morgan fingerprint density at radius 3 is 2.29 bits per heavy atom. The zero-order chi connectivity index (χ0) is 24.2. The van der Waals surface area contributed by atoms with Crippen LogP contribution in [0.1, 0.15) is 21.9 Å². The first-order chi connectivity index (χ1) is 16.5. The molecule has 2 aromatic heterocycles. The van der Waals surface area contributed by atoms with Crippen LogP contribution in [0.2, 0.25) is 0 Å². The number of benzene rings is 2. The summed E-state index contributed by atoms with van der Waals surface area (Å²) in [5.74, 6) is 1.36. The number of carbonyl (C=O) groups excluding carboxylic acids is 1. The minimum Gasteiger partial charge on any atom is -0.497 e. The highest BCUT2D eigenvalue weighted by atomic mass is 16.5. The number of rotatable bonds is 8. The number of aryl methyl sites for hydroxylation is 1. The highest BCUT2D eigenvalue weighted by Crippen LogP contribution is 2.31. The first-order valence-corrected chi connectivity index (χ1v) is 10.4. The van der Waals surface area contributed by atoms with Crippen LogP contribution in [0, 0.1) is 6.92 Å². The summed E-state index contributed by atoms with van der Waals surface area (Å²) in [6.07, 6.45) is 0. The average molecular weight is 463 g/mol. The molecule has 0 saturated carbocycles. The molecule has 10 nitrogen and oxygen atoms in total. The van der Waals surface area contributed by atoms with Crippen molar-refractivity contribution in [1.82, 2.24) is 19.8 Å². The first kappa shape index (κ1) is 23.0. The van der Waals surface area contributed by atoms with Crippen molar-refractivity contribution in [1.29, 1.82) is 0 Å². The van der Waals surface area contributed by atoms with Gasteiger partial charge in [-0.2, -0.15) is 5.10 Å². The number of hydrogen-bond donors (Lipinski definition) is 1. The van der Waals surface area contributed by atoms with Crippen LogP contribution in [0.15, 0.2) is 42.5 Å². The van der Waals surface area contributed by atoms with Crippen molar-refractivity contribution in [3.05, 3.63) is 59.5 Å². The van der Waals surface area contributed by atoms with Crippen LogP contribution >= 0.6 is 0 Å². The van der Waals surface area contributed by atoms with Gasteiger partial charge in [0, 0.05) is 13.2 Å². The molecular weight excluding hydrogens is 438 g/mol. The Morgan fingerprint density at radius 1 is 0.941 bits per heavy atom. The van der Waals surface area contributed by atoms with E-state index in [-0.39, 0.29) is 12.3 Å². The van der Waals surface area contributed by atoms with Gasteiger partial charge in [0.05, 0.1) is 50.6 Å². The molecule has 1 amide bonds. The molecule has 10 heteroatoms. The molecule has 34 heavy (non-hydrogen) atoms. The number of hydrogen-bond acceptors (Lipinski definition) is 8. The zero-order valence-electron chi connectivity index (χ0n) is 19.6. The maximum atomic E-state index is 13.1. The topological polar surface area (TPSA) is 109 Å². The van der Waals surface area contributed by atoms with Gasteiger partial charge in [0.25, 0.3) is 5.91 Å². The van der Waals surface area contributed by atoms with Gasteiger partial charge in [-0.25, -0.2) is 4.52 Å². The van der Waals surface area contributed by atoms with Gasteiger partial charge in [-0.1, -0.05) is 12.1 Å². The van der Waals surface area contributed by atoms with Gasteiger partial charge < -0.3 is 24.3 Å². The first-order valence-electron chi connectivity index (χ1n) is 10.4. The lowest BCUT2D eigenvalue weighted by atomic mass is 10.1. The summed E-state index contributed by atoms with van der Waals surface area (Å²) in [6, 6.07) is 12.7. The fourth-order valence-corrected chi connectivity index (χ4v) is 3.64. The van der Waals surface area contributed by atoms with Gasteiger partial charge in [0.1, 0.15) is 17.2 Å². The van der Waals surface area contributed by atoms with Crippen molar-refractivity contribution in [2.75, 3.05) is 33.8 Å². The molecule has 0 spiro atoms. The summed E-state index contributed by atoms with van der Waals surface area (Å²) >= 11 is 0. The molecule has 0 aliphatic carbocycles. The number of fused-ring (bicyclic) bond motifs is 1. The lowest BCUT2D eigenvalue weighted by Crippen LogP contribution is -2.19. The van der Waals surface area contributed by atoms with Crippen LogP contribution in [0.5, 0.6) is 17.2 Å². The molecule has 0 bridgehead atoms. The van der Waals surface area contributed by atoms with Gasteiger partial charge in [-0.15, -0.1) is 10.2 Å². The Balaban J connectivity index is 1.76. The van der Waals surface area contributed by atoms with Gasteiger partial charge >= 0.3 is 0 Å². The second-order valence-electron chi connectivity index (χ2n) is 7.37. The number of anilines is 1. The highest BCUT2D eigenvalue weighted by Gasteiger charge is 2.22. The van der Waals surface area contributed by atoms with E-state index in [0.717, 1.165) is 16.9 Å². The largest absolute Gasteiger partial charge is 0.497 e. The Labute approximate surface area is 196 Å². The van der Waals surface area contributed by atoms with Crippen LogP contribution in [-0.4, -0.2) is 54.2 Å². The van der Waals surface area contributed by atoms with Gasteiger partial charge in [-0.3, -0.25) is 4.79 Å². The Hall–Kier alpha value is -4.18. The van der Waals surface area contributed by atoms with Crippen molar-refractivity contribution in [2.45, 2.75) is 13.5 Å². The molecule has 2 heterocycles. The number of aromatic nitrogens is 4. The van der Waals surface area contributed by atoms with Crippen molar-refractivity contribution in [2.24, 2.45) is 0 Å². The van der Waals surface area contributed by atoms with E-state index in [1.165, 1.54) is 7.11 Å². The minimum absolute atomic E-state index is 0.130. The molecule has 4 rings (SSSR count). The quantitative estimate of drug-likeness (QED) is 0.423.